The Morgan fingerprint density at radius 2 is 2.00 bits per heavy atom. The highest BCUT2D eigenvalue weighted by molar-refractivity contribution is 9.11. The topological polar surface area (TPSA) is 61.6 Å². The van der Waals surface area contributed by atoms with Crippen molar-refractivity contribution < 1.29 is 0 Å². The number of nitriles is 1. The second-order valence-electron chi connectivity index (χ2n) is 2.67. The Morgan fingerprint density at radius 3 is 2.53 bits per heavy atom. The quantitative estimate of drug-likeness (QED) is 0.919. The molecule has 0 aliphatic heterocycles. The van der Waals surface area contributed by atoms with Gasteiger partial charge in [0.15, 0.2) is 3.92 Å². The lowest BCUT2D eigenvalue weighted by Crippen LogP contribution is -1.89. The average molecular weight is 281 g/mol. The largest absolute Gasteiger partial charge is 0.330 e. The molecule has 1 N–H and O–H groups in total. The van der Waals surface area contributed by atoms with Crippen molar-refractivity contribution in [2.24, 2.45) is 0 Å². The predicted molar refractivity (Wildman–Crippen MR) is 62.0 cm³/mol. The number of nitrogens with one attached hydrogen (secondary N) is 1. The van der Waals surface area contributed by atoms with Crippen molar-refractivity contribution in [2.45, 2.75) is 0 Å². The summed E-state index contributed by atoms with van der Waals surface area (Å²) in [6, 6.07) is 9.21. The third-order valence-electron chi connectivity index (χ3n) is 1.67. The minimum absolute atomic E-state index is 0.638. The SMILES string of the molecule is N#Cc1ccc(Nc2nnc(Br)s2)cc1. The zero-order valence-electron chi connectivity index (χ0n) is 7.44. The fourth-order valence-electron chi connectivity index (χ4n) is 1.01. The third-order valence-corrected chi connectivity index (χ3v) is 2.94. The van der Waals surface area contributed by atoms with E-state index in [0.29, 0.717) is 10.7 Å². The van der Waals surface area contributed by atoms with Crippen molar-refractivity contribution in [3.8, 4) is 6.07 Å². The highest BCUT2D eigenvalue weighted by atomic mass is 79.9. The number of aromatic nitrogens is 2. The van der Waals surface area contributed by atoms with E-state index in [0.717, 1.165) is 9.60 Å². The van der Waals surface area contributed by atoms with Gasteiger partial charge in [-0.3, -0.25) is 0 Å². The van der Waals surface area contributed by atoms with Crippen LogP contribution in [0.3, 0.4) is 0 Å². The highest BCUT2D eigenvalue weighted by Gasteiger charge is 2.01. The van der Waals surface area contributed by atoms with Gasteiger partial charge in [0.2, 0.25) is 5.13 Å². The van der Waals surface area contributed by atoms with Gasteiger partial charge < -0.3 is 5.32 Å². The number of rotatable bonds is 2. The Balaban J connectivity index is 2.15. The number of hydrogen-bond donors (Lipinski definition) is 1. The molecule has 1 aromatic carbocycles. The van der Waals surface area contributed by atoms with Crippen LogP contribution in [0.4, 0.5) is 10.8 Å². The van der Waals surface area contributed by atoms with Gasteiger partial charge in [-0.1, -0.05) is 11.3 Å². The predicted octanol–water partition coefficient (Wildman–Crippen LogP) is 2.92. The van der Waals surface area contributed by atoms with Crippen molar-refractivity contribution in [3.05, 3.63) is 33.7 Å². The Kier molecular flexibility index (Phi) is 2.94. The van der Waals surface area contributed by atoms with Crippen LogP contribution in [0.15, 0.2) is 28.2 Å². The molecular weight excluding hydrogens is 276 g/mol. The third kappa shape index (κ3) is 2.52. The summed E-state index contributed by atoms with van der Waals surface area (Å²) in [7, 11) is 0. The molecule has 4 nitrogen and oxygen atoms in total. The van der Waals surface area contributed by atoms with E-state index in [4.69, 9.17) is 5.26 Å². The van der Waals surface area contributed by atoms with E-state index in [9.17, 15) is 0 Å². The molecule has 0 amide bonds. The lowest BCUT2D eigenvalue weighted by Gasteiger charge is -2.00. The van der Waals surface area contributed by atoms with Crippen molar-refractivity contribution in [2.75, 3.05) is 5.32 Å². The zero-order valence-corrected chi connectivity index (χ0v) is 9.84. The second-order valence-corrected chi connectivity index (χ2v) is 4.93. The van der Waals surface area contributed by atoms with E-state index in [1.54, 1.807) is 12.1 Å². The maximum absolute atomic E-state index is 8.62. The van der Waals surface area contributed by atoms with Crippen molar-refractivity contribution in [3.63, 3.8) is 0 Å². The Bertz CT molecular complexity index is 500. The van der Waals surface area contributed by atoms with E-state index in [1.807, 2.05) is 12.1 Å². The van der Waals surface area contributed by atoms with Crippen LogP contribution < -0.4 is 5.32 Å². The summed E-state index contributed by atoms with van der Waals surface area (Å²) in [6.45, 7) is 0. The number of benzene rings is 1. The normalized spacial score (nSPS) is 9.60. The lowest BCUT2D eigenvalue weighted by atomic mass is 10.2. The van der Waals surface area contributed by atoms with Gasteiger partial charge in [0, 0.05) is 5.69 Å². The van der Waals surface area contributed by atoms with Gasteiger partial charge in [-0.2, -0.15) is 5.26 Å². The molecular formula is C9H5BrN4S. The van der Waals surface area contributed by atoms with Crippen LogP contribution in [-0.4, -0.2) is 10.2 Å². The molecule has 0 radical (unpaired) electrons. The summed E-state index contributed by atoms with van der Waals surface area (Å²) in [5, 5.41) is 20.1. The van der Waals surface area contributed by atoms with Gasteiger partial charge in [-0.15, -0.1) is 10.2 Å². The van der Waals surface area contributed by atoms with E-state index < -0.39 is 0 Å². The number of nitrogens with zero attached hydrogens (tertiary/aromatic N) is 3. The van der Waals surface area contributed by atoms with Gasteiger partial charge in [-0.05, 0) is 40.2 Å². The Labute approximate surface area is 98.7 Å². The van der Waals surface area contributed by atoms with Crippen LogP contribution in [0.25, 0.3) is 0 Å². The Hall–Kier alpha value is -1.45. The van der Waals surface area contributed by atoms with Crippen LogP contribution in [0, 0.1) is 11.3 Å². The molecule has 0 fully saturated rings. The minimum atomic E-state index is 0.638. The molecule has 2 aromatic rings. The first kappa shape index (κ1) is 10.1. The van der Waals surface area contributed by atoms with Crippen molar-refractivity contribution in [1.29, 1.82) is 5.26 Å². The smallest absolute Gasteiger partial charge is 0.210 e. The summed E-state index contributed by atoms with van der Waals surface area (Å²) in [5.74, 6) is 0. The molecule has 0 unspecified atom stereocenters. The number of anilines is 2. The fraction of sp³-hybridized carbons (Fsp3) is 0. The van der Waals surface area contributed by atoms with Crippen LogP contribution in [0.2, 0.25) is 0 Å². The van der Waals surface area contributed by atoms with Crippen LogP contribution >= 0.6 is 27.3 Å². The van der Waals surface area contributed by atoms with E-state index in [1.165, 1.54) is 11.3 Å². The van der Waals surface area contributed by atoms with Gasteiger partial charge in [-0.25, -0.2) is 0 Å². The van der Waals surface area contributed by atoms with Crippen LogP contribution in [-0.2, 0) is 0 Å². The van der Waals surface area contributed by atoms with Gasteiger partial charge >= 0.3 is 0 Å². The molecule has 15 heavy (non-hydrogen) atoms. The fourth-order valence-corrected chi connectivity index (χ4v) is 2.04. The first-order valence-corrected chi connectivity index (χ1v) is 5.65. The first-order chi connectivity index (χ1) is 7.28. The highest BCUT2D eigenvalue weighted by Crippen LogP contribution is 2.23. The Morgan fingerprint density at radius 1 is 1.27 bits per heavy atom. The molecule has 6 heteroatoms. The zero-order chi connectivity index (χ0) is 10.7. The summed E-state index contributed by atoms with van der Waals surface area (Å²) in [6.07, 6.45) is 0. The molecule has 0 spiro atoms. The van der Waals surface area contributed by atoms with Crippen LogP contribution in [0.5, 0.6) is 0 Å². The molecule has 1 heterocycles. The van der Waals surface area contributed by atoms with Crippen LogP contribution in [0.1, 0.15) is 5.56 Å². The number of halogens is 1. The van der Waals surface area contributed by atoms with E-state index in [2.05, 4.69) is 37.5 Å². The monoisotopic (exact) mass is 280 g/mol. The second kappa shape index (κ2) is 4.38. The average Bonchev–Trinajstić information content (AvgIpc) is 2.65. The molecule has 74 valence electrons. The van der Waals surface area contributed by atoms with Gasteiger partial charge in [0.05, 0.1) is 11.6 Å². The molecule has 0 saturated carbocycles. The standard InChI is InChI=1S/C9H5BrN4S/c10-8-13-14-9(15-8)12-7-3-1-6(5-11)2-4-7/h1-4H,(H,12,14). The van der Waals surface area contributed by atoms with Gasteiger partial charge in [0.1, 0.15) is 0 Å². The molecule has 0 atom stereocenters. The molecule has 0 aliphatic carbocycles. The summed E-state index contributed by atoms with van der Waals surface area (Å²) in [5.41, 5.74) is 1.52. The summed E-state index contributed by atoms with van der Waals surface area (Å²) in [4.78, 5) is 0. The maximum atomic E-state index is 8.62. The van der Waals surface area contributed by atoms with Crippen molar-refractivity contribution in [1.82, 2.24) is 10.2 Å². The molecule has 0 saturated heterocycles. The summed E-state index contributed by atoms with van der Waals surface area (Å²) < 4.78 is 0.735. The van der Waals surface area contributed by atoms with Gasteiger partial charge in [0.25, 0.3) is 0 Å². The van der Waals surface area contributed by atoms with E-state index in [-0.39, 0.29) is 0 Å². The lowest BCUT2D eigenvalue weighted by molar-refractivity contribution is 1.07. The number of hydrogen-bond acceptors (Lipinski definition) is 5. The molecule has 1 aromatic heterocycles. The summed E-state index contributed by atoms with van der Waals surface area (Å²) >= 11 is 4.64. The maximum Gasteiger partial charge on any atom is 0.210 e. The molecule has 0 bridgehead atoms. The van der Waals surface area contributed by atoms with E-state index >= 15 is 0 Å². The first-order valence-electron chi connectivity index (χ1n) is 4.04. The molecule has 2 rings (SSSR count). The molecule has 0 aliphatic rings. The van der Waals surface area contributed by atoms with Crippen molar-refractivity contribution >= 4 is 38.1 Å². The minimum Gasteiger partial charge on any atom is -0.330 e.